The molecule has 64 heavy (non-hydrogen) atoms. The van der Waals surface area contributed by atoms with Crippen LogP contribution in [-0.2, 0) is 0 Å². The van der Waals surface area contributed by atoms with Gasteiger partial charge in [-0.05, 0) is 64.2 Å². The summed E-state index contributed by atoms with van der Waals surface area (Å²) in [4.78, 5) is 23.1. The second-order valence-electron chi connectivity index (χ2n) is 16.1. The van der Waals surface area contributed by atoms with Gasteiger partial charge in [-0.25, -0.2) is 19.9 Å². The second kappa shape index (κ2) is 16.5. The Bertz CT molecular complexity index is 3350. The van der Waals surface area contributed by atoms with E-state index in [0.29, 0.717) is 17.5 Å². The molecule has 0 N–H and O–H groups in total. The molecule has 1 aliphatic heterocycles. The van der Waals surface area contributed by atoms with Crippen LogP contribution in [0, 0.1) is 0 Å². The van der Waals surface area contributed by atoms with Crippen LogP contribution >= 0.6 is 0 Å². The SMILES string of the molecule is C=CC1c2c(-c3ccccc3)nc3ccccc3c2N(c2ccc(-c3ccc(-c4nc(-c5ccccc5)nc(-c5ccc(-c6ccccc6)cc5)n4)c4ccccc34)cc2)C1/C=C\C. The van der Waals surface area contributed by atoms with Gasteiger partial charge in [0.05, 0.1) is 22.9 Å². The Kier molecular flexibility index (Phi) is 9.98. The first-order chi connectivity index (χ1) is 31.7. The first-order valence-corrected chi connectivity index (χ1v) is 21.8. The number of para-hydroxylation sites is 1. The fraction of sp³-hybridized carbons (Fsp3) is 0.0508. The van der Waals surface area contributed by atoms with Gasteiger partial charge >= 0.3 is 0 Å². The van der Waals surface area contributed by atoms with E-state index >= 15 is 0 Å². The Morgan fingerprint density at radius 2 is 0.922 bits per heavy atom. The zero-order chi connectivity index (χ0) is 43.0. The number of allylic oxidation sites excluding steroid dienone is 1. The highest BCUT2D eigenvalue weighted by atomic mass is 15.2. The van der Waals surface area contributed by atoms with Crippen molar-refractivity contribution in [3.63, 3.8) is 0 Å². The van der Waals surface area contributed by atoms with Gasteiger partial charge in [0.1, 0.15) is 0 Å². The molecule has 1 aliphatic rings. The van der Waals surface area contributed by atoms with E-state index in [1.807, 2.05) is 36.4 Å². The number of hydrogen-bond acceptors (Lipinski definition) is 5. The molecule has 3 heterocycles. The number of fused-ring (bicyclic) bond motifs is 4. The number of rotatable bonds is 9. The fourth-order valence-electron chi connectivity index (χ4n) is 9.37. The third-order valence-corrected chi connectivity index (χ3v) is 12.4. The van der Waals surface area contributed by atoms with Crippen molar-refractivity contribution in [2.24, 2.45) is 0 Å². The van der Waals surface area contributed by atoms with Gasteiger partial charge in [-0.15, -0.1) is 6.58 Å². The van der Waals surface area contributed by atoms with E-state index in [1.165, 1.54) is 16.8 Å². The molecule has 0 saturated carbocycles. The second-order valence-corrected chi connectivity index (χ2v) is 16.1. The Labute approximate surface area is 373 Å². The van der Waals surface area contributed by atoms with E-state index < -0.39 is 0 Å². The Hall–Kier alpha value is -8.28. The van der Waals surface area contributed by atoms with E-state index in [-0.39, 0.29) is 12.0 Å². The van der Waals surface area contributed by atoms with E-state index in [0.717, 1.165) is 72.0 Å². The summed E-state index contributed by atoms with van der Waals surface area (Å²) in [6.45, 7) is 6.48. The fourth-order valence-corrected chi connectivity index (χ4v) is 9.37. The molecular weight excluding hydrogens is 779 g/mol. The molecule has 5 heteroatoms. The van der Waals surface area contributed by atoms with E-state index in [1.54, 1.807) is 0 Å². The highest BCUT2D eigenvalue weighted by molar-refractivity contribution is 6.05. The van der Waals surface area contributed by atoms with Crippen LogP contribution in [0.5, 0.6) is 0 Å². The van der Waals surface area contributed by atoms with Gasteiger partial charge in [-0.1, -0.05) is 194 Å². The van der Waals surface area contributed by atoms with Gasteiger partial charge in [-0.3, -0.25) is 0 Å². The maximum absolute atomic E-state index is 5.29. The van der Waals surface area contributed by atoms with Gasteiger partial charge in [-0.2, -0.15) is 0 Å². The lowest BCUT2D eigenvalue weighted by Crippen LogP contribution is -2.27. The average molecular weight is 822 g/mol. The monoisotopic (exact) mass is 821 g/mol. The van der Waals surface area contributed by atoms with Crippen LogP contribution < -0.4 is 4.90 Å². The summed E-state index contributed by atoms with van der Waals surface area (Å²) in [6, 6.07) is 70.0. The molecule has 0 fully saturated rings. The Morgan fingerprint density at radius 1 is 0.438 bits per heavy atom. The number of anilines is 2. The maximum Gasteiger partial charge on any atom is 0.164 e. The summed E-state index contributed by atoms with van der Waals surface area (Å²) in [5.74, 6) is 1.92. The van der Waals surface area contributed by atoms with Crippen LogP contribution in [0.15, 0.2) is 225 Å². The molecular formula is C59H43N5. The number of hydrogen-bond donors (Lipinski definition) is 0. The van der Waals surface area contributed by atoms with Crippen molar-refractivity contribution in [1.29, 1.82) is 0 Å². The Morgan fingerprint density at radius 3 is 1.56 bits per heavy atom. The lowest BCUT2D eigenvalue weighted by atomic mass is 9.90. The third-order valence-electron chi connectivity index (χ3n) is 12.4. The minimum Gasteiger partial charge on any atom is -0.333 e. The van der Waals surface area contributed by atoms with Gasteiger partial charge in [0.15, 0.2) is 17.5 Å². The van der Waals surface area contributed by atoms with Crippen LogP contribution in [0.25, 0.3) is 89.4 Å². The van der Waals surface area contributed by atoms with Crippen molar-refractivity contribution in [3.05, 3.63) is 231 Å². The molecule has 2 unspecified atom stereocenters. The van der Waals surface area contributed by atoms with Crippen molar-refractivity contribution in [3.8, 4) is 67.7 Å². The van der Waals surface area contributed by atoms with Crippen LogP contribution in [0.3, 0.4) is 0 Å². The van der Waals surface area contributed by atoms with Crippen molar-refractivity contribution in [1.82, 2.24) is 19.9 Å². The number of nitrogens with zero attached hydrogens (tertiary/aromatic N) is 5. The molecule has 304 valence electrons. The highest BCUT2D eigenvalue weighted by Crippen LogP contribution is 2.53. The van der Waals surface area contributed by atoms with Crippen LogP contribution in [0.4, 0.5) is 11.4 Å². The summed E-state index contributed by atoms with van der Waals surface area (Å²) in [6.07, 6.45) is 6.54. The van der Waals surface area contributed by atoms with E-state index in [9.17, 15) is 0 Å². The predicted octanol–water partition coefficient (Wildman–Crippen LogP) is 14.9. The quantitative estimate of drug-likeness (QED) is 0.136. The van der Waals surface area contributed by atoms with Crippen LogP contribution in [0.2, 0.25) is 0 Å². The minimum atomic E-state index is 0.0198. The van der Waals surface area contributed by atoms with Crippen molar-refractivity contribution < 1.29 is 0 Å². The molecule has 0 saturated heterocycles. The molecule has 0 aliphatic carbocycles. The largest absolute Gasteiger partial charge is 0.333 e. The number of pyridine rings is 1. The third kappa shape index (κ3) is 6.84. The molecule has 2 aromatic heterocycles. The summed E-state index contributed by atoms with van der Waals surface area (Å²) in [7, 11) is 0. The predicted molar refractivity (Wildman–Crippen MR) is 265 cm³/mol. The van der Waals surface area contributed by atoms with E-state index in [4.69, 9.17) is 19.9 Å². The molecule has 0 radical (unpaired) electrons. The molecule has 0 bridgehead atoms. The van der Waals surface area contributed by atoms with Gasteiger partial charge in [0.25, 0.3) is 0 Å². The van der Waals surface area contributed by atoms with Crippen LogP contribution in [0.1, 0.15) is 18.4 Å². The standard InChI is InChI=1S/C59H43N5/c1-3-18-53-46(4-2)54-55(42-21-10-6-11-22-42)60-52-28-17-16-27-51(52)56(54)64(53)45-35-33-41(34-36-45)47-37-38-50(49-26-15-14-25-48(47)49)59-62-57(43-23-12-7-13-24-43)61-58(63-59)44-31-29-40(30-32-44)39-19-8-5-9-20-39/h3-38,46,53H,2H2,1H3/b18-3-. The summed E-state index contributed by atoms with van der Waals surface area (Å²) in [5.41, 5.74) is 14.0. The molecule has 8 aromatic carbocycles. The minimum absolute atomic E-state index is 0.0198. The van der Waals surface area contributed by atoms with Gasteiger partial charge in [0.2, 0.25) is 0 Å². The first kappa shape index (κ1) is 38.6. The molecule has 11 rings (SSSR count). The lowest BCUT2D eigenvalue weighted by molar-refractivity contribution is 0.752. The number of aromatic nitrogens is 4. The van der Waals surface area contributed by atoms with Gasteiger partial charge < -0.3 is 4.90 Å². The zero-order valence-corrected chi connectivity index (χ0v) is 35.4. The van der Waals surface area contributed by atoms with Crippen LogP contribution in [-0.4, -0.2) is 26.0 Å². The molecule has 2 atom stereocenters. The molecule has 5 nitrogen and oxygen atoms in total. The average Bonchev–Trinajstić information content (AvgIpc) is 3.70. The first-order valence-electron chi connectivity index (χ1n) is 21.8. The summed E-state index contributed by atoms with van der Waals surface area (Å²) >= 11 is 0. The van der Waals surface area contributed by atoms with Crippen molar-refractivity contribution >= 4 is 33.1 Å². The summed E-state index contributed by atoms with van der Waals surface area (Å²) in [5, 5.41) is 3.32. The van der Waals surface area contributed by atoms with Crippen molar-refractivity contribution in [2.45, 2.75) is 18.9 Å². The van der Waals surface area contributed by atoms with Gasteiger partial charge in [0, 0.05) is 44.8 Å². The summed E-state index contributed by atoms with van der Waals surface area (Å²) < 4.78 is 0. The molecule has 10 aromatic rings. The maximum atomic E-state index is 5.29. The number of benzene rings is 8. The molecule has 0 spiro atoms. The Balaban J connectivity index is 1.01. The molecule has 0 amide bonds. The smallest absolute Gasteiger partial charge is 0.164 e. The topological polar surface area (TPSA) is 54.8 Å². The zero-order valence-electron chi connectivity index (χ0n) is 35.4. The lowest BCUT2D eigenvalue weighted by Gasteiger charge is -2.28. The van der Waals surface area contributed by atoms with Crippen molar-refractivity contribution in [2.75, 3.05) is 4.90 Å². The van der Waals surface area contributed by atoms with E-state index in [2.05, 4.69) is 200 Å². The normalized spacial score (nSPS) is 14.6. The highest BCUT2D eigenvalue weighted by Gasteiger charge is 2.40.